The number of fused-ring (bicyclic) bond motifs is 1. The smallest absolute Gasteiger partial charge is 0.470 e. The Morgan fingerprint density at radius 2 is 1.44 bits per heavy atom. The number of carbonyl (C=O) groups excluding carboxylic acids is 8. The lowest BCUT2D eigenvalue weighted by Gasteiger charge is -2.33. The summed E-state index contributed by atoms with van der Waals surface area (Å²) in [4.78, 5) is 129. The number of primary amides is 2. The van der Waals surface area contributed by atoms with E-state index in [4.69, 9.17) is 20.7 Å². The molecule has 1 saturated heterocycles. The van der Waals surface area contributed by atoms with Gasteiger partial charge in [0.25, 0.3) is 11.8 Å². The molecule has 0 radical (unpaired) electrons. The normalized spacial score (nSPS) is 16.7. The molecule has 1 fully saturated rings. The fourth-order valence-electron chi connectivity index (χ4n) is 7.05. The molecule has 21 heteroatoms. The number of nitrogens with one attached hydrogen (secondary N) is 4. The third kappa shape index (κ3) is 13.6. The van der Waals surface area contributed by atoms with Crippen molar-refractivity contribution < 1.29 is 62.0 Å². The summed E-state index contributed by atoms with van der Waals surface area (Å²) in [6.07, 6.45) is -2.76. The molecule has 3 aromatic carbocycles. The van der Waals surface area contributed by atoms with E-state index < -0.39 is 116 Å². The number of likely N-dealkylation sites (tertiary alicyclic amines) is 1. The van der Waals surface area contributed by atoms with E-state index in [1.165, 1.54) is 24.3 Å². The van der Waals surface area contributed by atoms with Crippen molar-refractivity contribution in [2.45, 2.75) is 89.7 Å². The summed E-state index contributed by atoms with van der Waals surface area (Å²) in [5.74, 6) is -8.54. The zero-order chi connectivity index (χ0) is 46.6. The van der Waals surface area contributed by atoms with E-state index >= 15 is 0 Å². The van der Waals surface area contributed by atoms with E-state index in [1.807, 2.05) is 18.2 Å². The van der Waals surface area contributed by atoms with Crippen LogP contribution in [0.4, 0.5) is 0 Å². The molecule has 7 unspecified atom stereocenters. The Hall–Kier alpha value is -6.21. The van der Waals surface area contributed by atoms with Gasteiger partial charge in [-0.15, -0.1) is 0 Å². The van der Waals surface area contributed by atoms with E-state index in [2.05, 4.69) is 21.3 Å². The summed E-state index contributed by atoms with van der Waals surface area (Å²) < 4.78 is 23.2. The SMILES string of the molecule is CCC(C)C(NC(=O)C1CCCN1C(=O)C(OP(=O)(O)O)C(NC(=O)C(CC(N)=O)NC(=O)COc1cccc2ccccc12)C(=O)c1ccccc1)C(=O)NC(C(N)=O)C(C)C. The van der Waals surface area contributed by atoms with Crippen LogP contribution in [-0.2, 0) is 42.7 Å². The lowest BCUT2D eigenvalue weighted by molar-refractivity contribution is -0.146. The minimum absolute atomic E-state index is 0.00216. The molecule has 63 heavy (non-hydrogen) atoms. The van der Waals surface area contributed by atoms with Crippen LogP contribution in [0, 0.1) is 11.8 Å². The Bertz CT molecular complexity index is 2210. The zero-order valence-electron chi connectivity index (χ0n) is 35.2. The van der Waals surface area contributed by atoms with Gasteiger partial charge in [0.15, 0.2) is 18.5 Å². The fraction of sp³-hybridized carbons (Fsp3) is 0.429. The van der Waals surface area contributed by atoms with Crippen LogP contribution < -0.4 is 37.5 Å². The van der Waals surface area contributed by atoms with Gasteiger partial charge in [0.05, 0.1) is 6.42 Å². The number of ether oxygens (including phenoxy) is 1. The van der Waals surface area contributed by atoms with Gasteiger partial charge in [0, 0.05) is 17.5 Å². The van der Waals surface area contributed by atoms with Crippen molar-refractivity contribution in [3.8, 4) is 5.75 Å². The number of phosphoric acid groups is 1. The molecule has 4 rings (SSSR count). The van der Waals surface area contributed by atoms with Crippen molar-refractivity contribution >= 4 is 65.7 Å². The molecule has 0 spiro atoms. The van der Waals surface area contributed by atoms with Crippen molar-refractivity contribution in [2.24, 2.45) is 23.3 Å². The maximum atomic E-state index is 14.5. The molecule has 10 N–H and O–H groups in total. The number of amides is 7. The molecule has 340 valence electrons. The largest absolute Gasteiger partial charge is 0.483 e. The van der Waals surface area contributed by atoms with Gasteiger partial charge in [0.2, 0.25) is 29.5 Å². The fourth-order valence-corrected chi connectivity index (χ4v) is 7.56. The minimum Gasteiger partial charge on any atom is -0.483 e. The quantitative estimate of drug-likeness (QED) is 0.0506. The second kappa shape index (κ2) is 22.2. The summed E-state index contributed by atoms with van der Waals surface area (Å²) >= 11 is 0. The van der Waals surface area contributed by atoms with E-state index in [-0.39, 0.29) is 24.9 Å². The second-order valence-corrected chi connectivity index (χ2v) is 16.7. The number of Topliss-reactive ketones (excluding diaryl/α,β-unsaturated/α-hetero) is 1. The molecular formula is C42H54N7O13P. The molecular weight excluding hydrogens is 841 g/mol. The number of hydrogen-bond donors (Lipinski definition) is 8. The maximum absolute atomic E-state index is 14.5. The Morgan fingerprint density at radius 1 is 0.810 bits per heavy atom. The first-order chi connectivity index (χ1) is 29.7. The van der Waals surface area contributed by atoms with Crippen LogP contribution in [0.15, 0.2) is 72.8 Å². The Morgan fingerprint density at radius 3 is 2.06 bits per heavy atom. The highest BCUT2D eigenvalue weighted by Crippen LogP contribution is 2.40. The number of nitrogens with zero attached hydrogens (tertiary/aromatic N) is 1. The highest BCUT2D eigenvalue weighted by atomic mass is 31.2. The van der Waals surface area contributed by atoms with Gasteiger partial charge in [-0.2, -0.15) is 0 Å². The van der Waals surface area contributed by atoms with E-state index in [1.54, 1.807) is 58.0 Å². The van der Waals surface area contributed by atoms with Gasteiger partial charge >= 0.3 is 7.82 Å². The number of benzene rings is 3. The van der Waals surface area contributed by atoms with Crippen molar-refractivity contribution in [3.05, 3.63) is 78.4 Å². The molecule has 1 aliphatic rings. The van der Waals surface area contributed by atoms with Crippen molar-refractivity contribution in [2.75, 3.05) is 13.2 Å². The zero-order valence-corrected chi connectivity index (χ0v) is 36.1. The van der Waals surface area contributed by atoms with Crippen LogP contribution in [-0.4, -0.2) is 111 Å². The van der Waals surface area contributed by atoms with E-state index in [0.29, 0.717) is 17.6 Å². The molecule has 3 aromatic rings. The third-order valence-corrected chi connectivity index (χ3v) is 11.0. The highest BCUT2D eigenvalue weighted by Gasteiger charge is 2.47. The van der Waals surface area contributed by atoms with E-state index in [0.717, 1.165) is 10.3 Å². The van der Waals surface area contributed by atoms with Crippen LogP contribution in [0.1, 0.15) is 63.7 Å². The molecule has 7 amide bonds. The number of carbonyl (C=O) groups is 8. The summed E-state index contributed by atoms with van der Waals surface area (Å²) in [6, 6.07) is 11.6. The maximum Gasteiger partial charge on any atom is 0.470 e. The van der Waals surface area contributed by atoms with Crippen LogP contribution in [0.5, 0.6) is 5.75 Å². The summed E-state index contributed by atoms with van der Waals surface area (Å²) in [5.41, 5.74) is 10.8. The predicted octanol–water partition coefficient (Wildman–Crippen LogP) is 0.572. The van der Waals surface area contributed by atoms with Crippen LogP contribution >= 0.6 is 7.82 Å². The van der Waals surface area contributed by atoms with Gasteiger partial charge in [-0.05, 0) is 36.1 Å². The number of phosphoric ester groups is 1. The van der Waals surface area contributed by atoms with Crippen molar-refractivity contribution in [3.63, 3.8) is 0 Å². The van der Waals surface area contributed by atoms with Gasteiger partial charge in [-0.1, -0.05) is 101 Å². The van der Waals surface area contributed by atoms with Gasteiger partial charge < -0.3 is 52.2 Å². The minimum atomic E-state index is -5.70. The summed E-state index contributed by atoms with van der Waals surface area (Å²) in [5, 5.41) is 11.3. The van der Waals surface area contributed by atoms with Crippen LogP contribution in [0.2, 0.25) is 0 Å². The molecule has 0 saturated carbocycles. The Labute approximate surface area is 363 Å². The van der Waals surface area contributed by atoms with Crippen molar-refractivity contribution in [1.82, 2.24) is 26.2 Å². The van der Waals surface area contributed by atoms with Crippen LogP contribution in [0.25, 0.3) is 10.8 Å². The average molecular weight is 896 g/mol. The molecule has 0 bridgehead atoms. The number of rotatable bonds is 22. The van der Waals surface area contributed by atoms with E-state index in [9.17, 15) is 52.7 Å². The molecule has 7 atom stereocenters. The summed E-state index contributed by atoms with van der Waals surface area (Å²) in [7, 11) is -5.70. The van der Waals surface area contributed by atoms with Crippen LogP contribution in [0.3, 0.4) is 0 Å². The number of nitrogens with two attached hydrogens (primary N) is 2. The Kier molecular flexibility index (Phi) is 17.5. The average Bonchev–Trinajstić information content (AvgIpc) is 3.74. The highest BCUT2D eigenvalue weighted by molar-refractivity contribution is 7.46. The Balaban J connectivity index is 1.64. The second-order valence-electron chi connectivity index (χ2n) is 15.5. The van der Waals surface area contributed by atoms with Crippen molar-refractivity contribution in [1.29, 1.82) is 0 Å². The third-order valence-electron chi connectivity index (χ3n) is 10.5. The molecule has 0 aromatic heterocycles. The first kappa shape index (κ1) is 49.4. The lowest BCUT2D eigenvalue weighted by atomic mass is 9.96. The van der Waals surface area contributed by atoms with Gasteiger partial charge in [-0.3, -0.25) is 42.9 Å². The number of ketones is 1. The molecule has 1 heterocycles. The predicted molar refractivity (Wildman–Crippen MR) is 227 cm³/mol. The molecule has 0 aliphatic carbocycles. The van der Waals surface area contributed by atoms with Gasteiger partial charge in [-0.25, -0.2) is 4.57 Å². The standard InChI is InChI=1S/C42H54N7O13P/c1-5-24(4)34(41(56)46-33(23(2)3)38(44)53)47-40(55)29-18-12-20-49(29)42(57)37(62-63(58,59)60)35(36(52)26-14-7-6-8-15-26)48-39(54)28(21-31(43)50)45-32(51)22-61-30-19-11-16-25-13-9-10-17-27(25)30/h6-11,13-17,19,23-24,28-29,33-35,37H,5,12,18,20-22H2,1-4H3,(H2,43,50)(H2,44,53)(H,45,51)(H,46,56)(H,47,55)(H,48,54)(H2,58,59,60). The first-order valence-corrected chi connectivity index (χ1v) is 21.8. The summed E-state index contributed by atoms with van der Waals surface area (Å²) in [6.45, 7) is 5.94. The molecule has 20 nitrogen and oxygen atoms in total. The molecule has 1 aliphatic heterocycles. The number of hydrogen-bond acceptors (Lipinski definition) is 11. The van der Waals surface area contributed by atoms with Gasteiger partial charge in [0.1, 0.15) is 36.0 Å². The lowest BCUT2D eigenvalue weighted by Crippen LogP contribution is -2.62. The topological polar surface area (TPSA) is 316 Å². The monoisotopic (exact) mass is 895 g/mol. The first-order valence-electron chi connectivity index (χ1n) is 20.2.